The van der Waals surface area contributed by atoms with E-state index in [1.165, 1.54) is 0 Å². The van der Waals surface area contributed by atoms with Gasteiger partial charge in [-0.15, -0.1) is 0 Å². The van der Waals surface area contributed by atoms with Crippen molar-refractivity contribution in [3.63, 3.8) is 0 Å². The number of carbonyl (C=O) groups excluding carboxylic acids is 1. The number of carbonyl (C=O) groups is 2. The fraction of sp³-hybridized carbons (Fsp3) is 0.292. The Kier molecular flexibility index (Phi) is 4.63. The number of rotatable bonds is 4. The van der Waals surface area contributed by atoms with E-state index in [-0.39, 0.29) is 11.5 Å². The van der Waals surface area contributed by atoms with Gasteiger partial charge >= 0.3 is 5.97 Å². The first-order valence-corrected chi connectivity index (χ1v) is 10.8. The zero-order valence-corrected chi connectivity index (χ0v) is 17.9. The van der Waals surface area contributed by atoms with Gasteiger partial charge in [0, 0.05) is 17.8 Å². The van der Waals surface area contributed by atoms with Crippen LogP contribution < -0.4 is 4.90 Å². The van der Waals surface area contributed by atoms with Gasteiger partial charge in [-0.3, -0.25) is 14.4 Å². The summed E-state index contributed by atoms with van der Waals surface area (Å²) in [6.07, 6.45) is 6.27. The fourth-order valence-corrected chi connectivity index (χ4v) is 5.09. The number of aromatic carboxylic acids is 1. The predicted octanol–water partition coefficient (Wildman–Crippen LogP) is 4.65. The molecule has 6 nitrogen and oxygen atoms in total. The number of anilines is 2. The minimum absolute atomic E-state index is 0.00592. The van der Waals surface area contributed by atoms with Crippen LogP contribution in [0.25, 0.3) is 0 Å². The third-order valence-corrected chi connectivity index (χ3v) is 6.55. The molecule has 1 N–H and O–H groups in total. The van der Waals surface area contributed by atoms with Crippen LogP contribution in [0.2, 0.25) is 5.02 Å². The standard InChI is InChI=1S/C24H22ClN3O3/c1-2-7-27-14-20(13-26-27)28-21-9-19(25)6-5-17(21)11-24(23(28)31)10-16-4-3-15(22(29)30)8-18(16)12-24/h3-6,8-9,13-14H,2,7,10-12H2,1H3,(H,29,30)/t24-/m0/s1. The zero-order chi connectivity index (χ0) is 21.8. The van der Waals surface area contributed by atoms with E-state index in [2.05, 4.69) is 12.0 Å². The van der Waals surface area contributed by atoms with Crippen molar-refractivity contribution in [3.8, 4) is 0 Å². The van der Waals surface area contributed by atoms with Crippen LogP contribution in [0.3, 0.4) is 0 Å². The van der Waals surface area contributed by atoms with Crippen LogP contribution in [0.1, 0.15) is 40.4 Å². The monoisotopic (exact) mass is 435 g/mol. The van der Waals surface area contributed by atoms with Crippen LogP contribution in [0.4, 0.5) is 11.4 Å². The largest absolute Gasteiger partial charge is 0.478 e. The van der Waals surface area contributed by atoms with Gasteiger partial charge in [-0.05, 0) is 66.6 Å². The molecule has 1 aliphatic carbocycles. The molecule has 0 saturated heterocycles. The molecule has 31 heavy (non-hydrogen) atoms. The molecule has 2 aliphatic rings. The minimum atomic E-state index is -0.955. The molecule has 0 radical (unpaired) electrons. The van der Waals surface area contributed by atoms with Crippen molar-refractivity contribution in [2.45, 2.75) is 39.2 Å². The Hall–Kier alpha value is -3.12. The van der Waals surface area contributed by atoms with Crippen molar-refractivity contribution in [1.29, 1.82) is 0 Å². The second kappa shape index (κ2) is 7.24. The van der Waals surface area contributed by atoms with E-state index in [1.54, 1.807) is 23.2 Å². The number of amides is 1. The topological polar surface area (TPSA) is 75.4 Å². The number of aromatic nitrogens is 2. The molecule has 0 bridgehead atoms. The Balaban J connectivity index is 1.60. The van der Waals surface area contributed by atoms with Gasteiger partial charge in [-0.1, -0.05) is 30.7 Å². The molecule has 0 unspecified atom stereocenters. The number of benzene rings is 2. The summed E-state index contributed by atoms with van der Waals surface area (Å²) < 4.78 is 1.84. The summed E-state index contributed by atoms with van der Waals surface area (Å²) in [5, 5.41) is 14.4. The van der Waals surface area contributed by atoms with Crippen LogP contribution in [0, 0.1) is 5.41 Å². The molecule has 0 saturated carbocycles. The van der Waals surface area contributed by atoms with Crippen LogP contribution in [0.5, 0.6) is 0 Å². The molecular formula is C24H22ClN3O3. The highest BCUT2D eigenvalue weighted by molar-refractivity contribution is 6.31. The summed E-state index contributed by atoms with van der Waals surface area (Å²) in [6.45, 7) is 2.86. The Morgan fingerprint density at radius 2 is 1.87 bits per heavy atom. The molecule has 158 valence electrons. The SMILES string of the molecule is CCCn1cc(N2C(=O)[C@@]3(Cc4ccc(C(=O)O)cc4C3)Cc3ccc(Cl)cc32)cn1. The van der Waals surface area contributed by atoms with E-state index in [0.29, 0.717) is 24.3 Å². The number of hydrogen-bond acceptors (Lipinski definition) is 3. The highest BCUT2D eigenvalue weighted by Gasteiger charge is 2.50. The van der Waals surface area contributed by atoms with Gasteiger partial charge in [-0.25, -0.2) is 4.79 Å². The highest BCUT2D eigenvalue weighted by Crippen LogP contribution is 2.49. The predicted molar refractivity (Wildman–Crippen MR) is 118 cm³/mol. The summed E-state index contributed by atoms with van der Waals surface area (Å²) in [7, 11) is 0. The van der Waals surface area contributed by atoms with E-state index in [4.69, 9.17) is 11.6 Å². The van der Waals surface area contributed by atoms with Crippen molar-refractivity contribution in [3.05, 3.63) is 76.1 Å². The number of carboxylic acids is 1. The maximum Gasteiger partial charge on any atom is 0.335 e. The number of nitrogens with zero attached hydrogens (tertiary/aromatic N) is 3. The molecule has 3 aromatic rings. The van der Waals surface area contributed by atoms with Crippen LogP contribution in [-0.4, -0.2) is 26.8 Å². The maximum atomic E-state index is 14.0. The van der Waals surface area contributed by atoms with Crippen molar-refractivity contribution >= 4 is 34.9 Å². The third kappa shape index (κ3) is 3.22. The third-order valence-electron chi connectivity index (χ3n) is 6.32. The van der Waals surface area contributed by atoms with Crippen LogP contribution in [-0.2, 0) is 30.6 Å². The van der Waals surface area contributed by atoms with Gasteiger partial charge in [0.05, 0.1) is 28.6 Å². The van der Waals surface area contributed by atoms with E-state index < -0.39 is 11.4 Å². The molecular weight excluding hydrogens is 414 g/mol. The first-order valence-electron chi connectivity index (χ1n) is 10.4. The lowest BCUT2D eigenvalue weighted by Gasteiger charge is -2.40. The highest BCUT2D eigenvalue weighted by atomic mass is 35.5. The molecule has 1 aliphatic heterocycles. The van der Waals surface area contributed by atoms with Crippen LogP contribution in [0.15, 0.2) is 48.8 Å². The number of fused-ring (bicyclic) bond motifs is 2. The molecule has 1 amide bonds. The van der Waals surface area contributed by atoms with E-state index in [1.807, 2.05) is 35.1 Å². The number of halogens is 1. The van der Waals surface area contributed by atoms with Crippen molar-refractivity contribution < 1.29 is 14.7 Å². The second-order valence-corrected chi connectivity index (χ2v) is 8.91. The zero-order valence-electron chi connectivity index (χ0n) is 17.1. The van der Waals surface area contributed by atoms with Gasteiger partial charge in [0.15, 0.2) is 0 Å². The van der Waals surface area contributed by atoms with Gasteiger partial charge in [0.2, 0.25) is 5.91 Å². The average Bonchev–Trinajstić information content (AvgIpc) is 3.34. The summed E-state index contributed by atoms with van der Waals surface area (Å²) in [5.74, 6) is -0.949. The van der Waals surface area contributed by atoms with E-state index >= 15 is 0 Å². The first-order chi connectivity index (χ1) is 14.9. The van der Waals surface area contributed by atoms with Gasteiger partial charge in [-0.2, -0.15) is 5.10 Å². The molecule has 2 heterocycles. The molecule has 1 atom stereocenters. The van der Waals surface area contributed by atoms with Crippen molar-refractivity contribution in [2.24, 2.45) is 5.41 Å². The summed E-state index contributed by atoms with van der Waals surface area (Å²) in [4.78, 5) is 27.2. The lowest BCUT2D eigenvalue weighted by molar-refractivity contribution is -0.127. The lowest BCUT2D eigenvalue weighted by atomic mass is 9.74. The van der Waals surface area contributed by atoms with E-state index in [0.717, 1.165) is 41.0 Å². The van der Waals surface area contributed by atoms with E-state index in [9.17, 15) is 14.7 Å². The summed E-state index contributed by atoms with van der Waals surface area (Å²) >= 11 is 6.29. The Bertz CT molecular complexity index is 1220. The molecule has 1 aromatic heterocycles. The number of aryl methyl sites for hydroxylation is 1. The molecule has 5 rings (SSSR count). The van der Waals surface area contributed by atoms with Gasteiger partial charge in [0.25, 0.3) is 0 Å². The fourth-order valence-electron chi connectivity index (χ4n) is 4.92. The lowest BCUT2D eigenvalue weighted by Crippen LogP contribution is -2.47. The quantitative estimate of drug-likeness (QED) is 0.647. The average molecular weight is 436 g/mol. The molecule has 0 fully saturated rings. The maximum absolute atomic E-state index is 14.0. The smallest absolute Gasteiger partial charge is 0.335 e. The summed E-state index contributed by atoms with van der Waals surface area (Å²) in [6, 6.07) is 10.9. The normalized spacial score (nSPS) is 19.5. The summed E-state index contributed by atoms with van der Waals surface area (Å²) in [5.41, 5.74) is 4.16. The molecule has 2 aromatic carbocycles. The number of hydrogen-bond donors (Lipinski definition) is 1. The minimum Gasteiger partial charge on any atom is -0.478 e. The van der Waals surface area contributed by atoms with Crippen molar-refractivity contribution in [1.82, 2.24) is 9.78 Å². The van der Waals surface area contributed by atoms with Gasteiger partial charge < -0.3 is 5.11 Å². The van der Waals surface area contributed by atoms with Crippen LogP contribution >= 0.6 is 11.6 Å². The second-order valence-electron chi connectivity index (χ2n) is 8.47. The molecule has 1 spiro atoms. The Labute approximate surface area is 185 Å². The van der Waals surface area contributed by atoms with Gasteiger partial charge in [0.1, 0.15) is 0 Å². The Morgan fingerprint density at radius 3 is 2.65 bits per heavy atom. The first kappa shape index (κ1) is 19.8. The number of carboxylic acid groups (broad SMARTS) is 1. The molecule has 7 heteroatoms. The van der Waals surface area contributed by atoms with Crippen molar-refractivity contribution in [2.75, 3.05) is 4.90 Å². The Morgan fingerprint density at radius 1 is 1.13 bits per heavy atom.